The zero-order valence-corrected chi connectivity index (χ0v) is 5.96. The molecule has 7 heavy (non-hydrogen) atoms. The largest absolute Gasteiger partial charge is 0.400 e. The van der Waals surface area contributed by atoms with E-state index in [-0.39, 0.29) is 0 Å². The molecule has 2 nitrogen and oxygen atoms in total. The first-order valence-electron chi connectivity index (χ1n) is 2.20. The van der Waals surface area contributed by atoms with Gasteiger partial charge in [0.1, 0.15) is 0 Å². The zero-order chi connectivity index (χ0) is 5.70. The molecule has 0 saturated heterocycles. The van der Waals surface area contributed by atoms with Crippen molar-refractivity contribution in [3.8, 4) is 0 Å². The summed E-state index contributed by atoms with van der Waals surface area (Å²) in [5.41, 5.74) is 0. The quantitative estimate of drug-likeness (QED) is 0.499. The second-order valence-corrected chi connectivity index (χ2v) is 3.57. The fourth-order valence-electron chi connectivity index (χ4n) is 0.332. The summed E-state index contributed by atoms with van der Waals surface area (Å²) in [5, 5.41) is 0. The fourth-order valence-corrected chi connectivity index (χ4v) is 0.996. The molecule has 43 valence electrons. The molecule has 0 N–H and O–H groups in total. The molecule has 0 amide bonds. The van der Waals surface area contributed by atoms with E-state index in [1.807, 2.05) is 0 Å². The third-order valence-electron chi connectivity index (χ3n) is 0.761. The van der Waals surface area contributed by atoms with E-state index >= 15 is 0 Å². The van der Waals surface area contributed by atoms with E-state index < -0.39 is 9.28 Å². The highest BCUT2D eigenvalue weighted by Crippen LogP contribution is 1.88. The molecule has 0 unspecified atom stereocenters. The molecule has 0 fully saturated rings. The van der Waals surface area contributed by atoms with Crippen molar-refractivity contribution in [1.29, 1.82) is 0 Å². The molecule has 0 aliphatic carbocycles. The summed E-state index contributed by atoms with van der Waals surface area (Å²) in [6, 6.07) is 0.799. The monoisotopic (exact) mass is 119 g/mol. The molecule has 0 aromatic carbocycles. The summed E-state index contributed by atoms with van der Waals surface area (Å²) >= 11 is 0. The Kier molecular flexibility index (Phi) is 4.38. The average molecular weight is 119 g/mol. The second kappa shape index (κ2) is 4.30. The molecule has 0 heterocycles. The lowest BCUT2D eigenvalue weighted by Gasteiger charge is -2.05. The van der Waals surface area contributed by atoms with E-state index in [0.717, 1.165) is 6.04 Å². The maximum absolute atomic E-state index is 4.90. The summed E-state index contributed by atoms with van der Waals surface area (Å²) in [6.45, 7) is 3.64. The molecule has 3 heteroatoms. The van der Waals surface area contributed by atoms with Crippen LogP contribution in [0, 0.1) is 6.92 Å². The Labute approximate surface area is 46.3 Å². The van der Waals surface area contributed by atoms with Crippen LogP contribution >= 0.6 is 0 Å². The lowest BCUT2D eigenvalue weighted by atomic mass is 11.0. The molecule has 0 bridgehead atoms. The van der Waals surface area contributed by atoms with E-state index in [0.29, 0.717) is 0 Å². The first-order chi connectivity index (χ1) is 3.35. The summed E-state index contributed by atoms with van der Waals surface area (Å²) < 4.78 is 9.81. The fraction of sp³-hybridized carbons (Fsp3) is 0.750. The Balaban J connectivity index is 2.99. The lowest BCUT2D eigenvalue weighted by Crippen LogP contribution is -2.16. The highest BCUT2D eigenvalue weighted by atomic mass is 28.3. The Morgan fingerprint density at radius 3 is 1.86 bits per heavy atom. The van der Waals surface area contributed by atoms with Gasteiger partial charge in [-0.1, -0.05) is 6.92 Å². The van der Waals surface area contributed by atoms with Crippen molar-refractivity contribution in [2.45, 2.75) is 6.04 Å². The molecule has 0 aliphatic rings. The van der Waals surface area contributed by atoms with Gasteiger partial charge in [0.25, 0.3) is 0 Å². The van der Waals surface area contributed by atoms with E-state index in [2.05, 4.69) is 6.92 Å². The van der Waals surface area contributed by atoms with Crippen LogP contribution in [0.25, 0.3) is 0 Å². The van der Waals surface area contributed by atoms with Crippen molar-refractivity contribution < 1.29 is 8.85 Å². The minimum atomic E-state index is -1.28. The van der Waals surface area contributed by atoms with Crippen LogP contribution in [0.1, 0.15) is 0 Å². The van der Waals surface area contributed by atoms with Crippen molar-refractivity contribution in [1.82, 2.24) is 0 Å². The minimum Gasteiger partial charge on any atom is -0.400 e. The number of rotatable bonds is 3. The Bertz CT molecular complexity index is 31.2. The van der Waals surface area contributed by atoms with Gasteiger partial charge >= 0.3 is 9.28 Å². The van der Waals surface area contributed by atoms with Gasteiger partial charge in [-0.15, -0.1) is 0 Å². The minimum absolute atomic E-state index is 0.799. The van der Waals surface area contributed by atoms with E-state index in [4.69, 9.17) is 8.85 Å². The van der Waals surface area contributed by atoms with Crippen LogP contribution in [0.2, 0.25) is 6.04 Å². The third kappa shape index (κ3) is 2.79. The topological polar surface area (TPSA) is 18.5 Å². The van der Waals surface area contributed by atoms with Crippen LogP contribution in [-0.2, 0) is 8.85 Å². The van der Waals surface area contributed by atoms with Crippen LogP contribution in [0.15, 0.2) is 0 Å². The van der Waals surface area contributed by atoms with Gasteiger partial charge in [-0.25, -0.2) is 0 Å². The van der Waals surface area contributed by atoms with Crippen LogP contribution in [0.3, 0.4) is 0 Å². The maximum Gasteiger partial charge on any atom is 0.320 e. The van der Waals surface area contributed by atoms with Gasteiger partial charge < -0.3 is 8.85 Å². The van der Waals surface area contributed by atoms with E-state index in [9.17, 15) is 0 Å². The highest BCUT2D eigenvalue weighted by Gasteiger charge is 2.02. The first-order valence-corrected chi connectivity index (χ1v) is 3.96. The van der Waals surface area contributed by atoms with Crippen molar-refractivity contribution in [3.63, 3.8) is 0 Å². The highest BCUT2D eigenvalue weighted by molar-refractivity contribution is 6.44. The van der Waals surface area contributed by atoms with E-state index in [1.165, 1.54) is 0 Å². The van der Waals surface area contributed by atoms with Gasteiger partial charge in [0.05, 0.1) is 0 Å². The van der Waals surface area contributed by atoms with Gasteiger partial charge in [0, 0.05) is 14.2 Å². The van der Waals surface area contributed by atoms with Gasteiger partial charge in [-0.3, -0.25) is 0 Å². The summed E-state index contributed by atoms with van der Waals surface area (Å²) in [6.07, 6.45) is 0. The standard InChI is InChI=1S/C4H11O2Si/c1-4-7(5-2)6-3/h7H,1,4H2,2-3H3. The van der Waals surface area contributed by atoms with Crippen molar-refractivity contribution >= 4 is 9.28 Å². The van der Waals surface area contributed by atoms with Crippen LogP contribution < -0.4 is 0 Å². The molecule has 0 aliphatic heterocycles. The summed E-state index contributed by atoms with van der Waals surface area (Å²) in [4.78, 5) is 0. The van der Waals surface area contributed by atoms with Crippen LogP contribution in [0.4, 0.5) is 0 Å². The summed E-state index contributed by atoms with van der Waals surface area (Å²) in [7, 11) is 2.03. The Morgan fingerprint density at radius 1 is 1.43 bits per heavy atom. The van der Waals surface area contributed by atoms with Crippen LogP contribution in [0.5, 0.6) is 0 Å². The van der Waals surface area contributed by atoms with Gasteiger partial charge in [0.15, 0.2) is 0 Å². The average Bonchev–Trinajstić information content (AvgIpc) is 1.72. The third-order valence-corrected chi connectivity index (χ3v) is 2.28. The molecular weight excluding hydrogens is 108 g/mol. The Hall–Kier alpha value is 0.137. The number of hydrogen-bond acceptors (Lipinski definition) is 2. The second-order valence-electron chi connectivity index (χ2n) is 1.19. The van der Waals surface area contributed by atoms with Gasteiger partial charge in [-0.2, -0.15) is 0 Å². The maximum atomic E-state index is 4.90. The zero-order valence-electron chi connectivity index (χ0n) is 4.81. The molecule has 0 saturated carbocycles. The molecule has 0 spiro atoms. The van der Waals surface area contributed by atoms with Gasteiger partial charge in [-0.05, 0) is 6.04 Å². The lowest BCUT2D eigenvalue weighted by molar-refractivity contribution is 0.281. The first kappa shape index (κ1) is 7.14. The normalized spacial score (nSPS) is 10.3. The van der Waals surface area contributed by atoms with Crippen molar-refractivity contribution in [3.05, 3.63) is 6.92 Å². The molecule has 0 atom stereocenters. The van der Waals surface area contributed by atoms with Crippen molar-refractivity contribution in [2.24, 2.45) is 0 Å². The SMILES string of the molecule is [CH2]C[SiH](OC)OC. The Morgan fingerprint density at radius 2 is 1.86 bits per heavy atom. The van der Waals surface area contributed by atoms with Gasteiger partial charge in [0.2, 0.25) is 0 Å². The molecule has 0 aromatic rings. The smallest absolute Gasteiger partial charge is 0.320 e. The summed E-state index contributed by atoms with van der Waals surface area (Å²) in [5.74, 6) is 0. The molecule has 0 rings (SSSR count). The van der Waals surface area contributed by atoms with Crippen LogP contribution in [-0.4, -0.2) is 23.5 Å². The molecule has 0 aromatic heterocycles. The molecule has 1 radical (unpaired) electrons. The predicted molar refractivity (Wildman–Crippen MR) is 31.3 cm³/mol. The predicted octanol–water partition coefficient (Wildman–Crippen LogP) is 0.334. The van der Waals surface area contributed by atoms with Crippen molar-refractivity contribution in [2.75, 3.05) is 14.2 Å². The molecular formula is C4H11O2Si. The number of hydrogen-bond donors (Lipinski definition) is 0. The van der Waals surface area contributed by atoms with E-state index in [1.54, 1.807) is 14.2 Å².